The van der Waals surface area contributed by atoms with E-state index in [-0.39, 0.29) is 35.4 Å². The van der Waals surface area contributed by atoms with E-state index in [1.54, 1.807) is 7.11 Å². The van der Waals surface area contributed by atoms with E-state index in [9.17, 15) is 0 Å². The summed E-state index contributed by atoms with van der Waals surface area (Å²) in [7, 11) is 1.80. The Balaban J connectivity index is 1.72. The van der Waals surface area contributed by atoms with Crippen LogP contribution in [-0.4, -0.2) is 49.3 Å². The lowest BCUT2D eigenvalue weighted by Crippen LogP contribution is -2.42. The van der Waals surface area contributed by atoms with Gasteiger partial charge in [-0.25, -0.2) is 0 Å². The third-order valence-corrected chi connectivity index (χ3v) is 5.64. The lowest BCUT2D eigenvalue weighted by atomic mass is 9.80. The number of ether oxygens (including phenoxy) is 4. The smallest absolute Gasteiger partial charge is 0.102 e. The van der Waals surface area contributed by atoms with Crippen LogP contribution in [0.5, 0.6) is 0 Å². The van der Waals surface area contributed by atoms with Gasteiger partial charge in [0.15, 0.2) is 0 Å². The van der Waals surface area contributed by atoms with E-state index in [0.29, 0.717) is 6.10 Å². The van der Waals surface area contributed by atoms with Crippen LogP contribution in [0.4, 0.5) is 0 Å². The van der Waals surface area contributed by atoms with Crippen molar-refractivity contribution in [3.8, 4) is 0 Å². The Morgan fingerprint density at radius 2 is 1.91 bits per heavy atom. The molecule has 3 fully saturated rings. The highest BCUT2D eigenvalue weighted by atomic mass is 16.6. The zero-order chi connectivity index (χ0) is 16.1. The fraction of sp³-hybridized carbons (Fsp3) is 1.00. The molecule has 3 aliphatic rings. The van der Waals surface area contributed by atoms with Gasteiger partial charge >= 0.3 is 0 Å². The first kappa shape index (κ1) is 16.7. The molecule has 0 radical (unpaired) electrons. The maximum atomic E-state index is 6.18. The minimum Gasteiger partial charge on any atom is -0.378 e. The van der Waals surface area contributed by atoms with Gasteiger partial charge in [0.2, 0.25) is 0 Å². The van der Waals surface area contributed by atoms with Crippen LogP contribution in [-0.2, 0) is 18.9 Å². The quantitative estimate of drug-likeness (QED) is 0.677. The van der Waals surface area contributed by atoms with E-state index < -0.39 is 0 Å². The van der Waals surface area contributed by atoms with Crippen molar-refractivity contribution in [3.05, 3.63) is 0 Å². The highest BCUT2D eigenvalue weighted by Gasteiger charge is 2.74. The van der Waals surface area contributed by atoms with Gasteiger partial charge in [0.25, 0.3) is 0 Å². The molecular weight excluding hydrogens is 280 g/mol. The van der Waals surface area contributed by atoms with Gasteiger partial charge < -0.3 is 18.9 Å². The normalized spacial score (nSPS) is 46.9. The molecule has 1 spiro atoms. The zero-order valence-electron chi connectivity index (χ0n) is 14.9. The fourth-order valence-corrected chi connectivity index (χ4v) is 4.48. The summed E-state index contributed by atoms with van der Waals surface area (Å²) in [5.41, 5.74) is -0.178. The first-order chi connectivity index (χ1) is 10.3. The van der Waals surface area contributed by atoms with Gasteiger partial charge in [0.05, 0.1) is 36.9 Å². The average Bonchev–Trinajstić information content (AvgIpc) is 3.28. The summed E-state index contributed by atoms with van der Waals surface area (Å²) in [6.45, 7) is 11.8. The van der Waals surface area contributed by atoms with Crippen molar-refractivity contribution < 1.29 is 18.9 Å². The number of methoxy groups -OCH3 is 1. The predicted octanol–water partition coefficient (Wildman–Crippen LogP) is 3.18. The SMILES string of the molecule is CO[C@H]1[C@H](C2(C)OC2CCC(C)C)[C@@]2(CO2)C[C@H]1OC(C)C. The van der Waals surface area contributed by atoms with Crippen molar-refractivity contribution in [3.63, 3.8) is 0 Å². The van der Waals surface area contributed by atoms with E-state index in [0.717, 1.165) is 25.4 Å². The molecule has 22 heavy (non-hydrogen) atoms. The second-order valence-electron chi connectivity index (χ2n) is 8.22. The van der Waals surface area contributed by atoms with Crippen molar-refractivity contribution in [2.24, 2.45) is 11.8 Å². The van der Waals surface area contributed by atoms with Crippen molar-refractivity contribution in [1.82, 2.24) is 0 Å². The Morgan fingerprint density at radius 1 is 1.23 bits per heavy atom. The minimum absolute atomic E-state index is 0.0679. The number of epoxide rings is 2. The van der Waals surface area contributed by atoms with Crippen LogP contribution >= 0.6 is 0 Å². The minimum atomic E-state index is -0.110. The molecular formula is C18H32O4. The van der Waals surface area contributed by atoms with E-state index in [2.05, 4.69) is 34.6 Å². The summed E-state index contributed by atoms with van der Waals surface area (Å²) in [5.74, 6) is 1.00. The molecule has 4 heteroatoms. The molecule has 6 atom stereocenters. The molecule has 0 aromatic rings. The molecule has 1 saturated carbocycles. The molecule has 1 aliphatic carbocycles. The number of hydrogen-bond acceptors (Lipinski definition) is 4. The van der Waals surface area contributed by atoms with Crippen LogP contribution in [0, 0.1) is 11.8 Å². The van der Waals surface area contributed by atoms with Crippen LogP contribution in [0.2, 0.25) is 0 Å². The first-order valence-corrected chi connectivity index (χ1v) is 8.82. The summed E-state index contributed by atoms with van der Waals surface area (Å²) in [6.07, 6.45) is 4.02. The Morgan fingerprint density at radius 3 is 2.41 bits per heavy atom. The summed E-state index contributed by atoms with van der Waals surface area (Å²) < 4.78 is 24.1. The van der Waals surface area contributed by atoms with Crippen LogP contribution in [0.3, 0.4) is 0 Å². The molecule has 2 saturated heterocycles. The monoisotopic (exact) mass is 312 g/mol. The second kappa shape index (κ2) is 5.73. The van der Waals surface area contributed by atoms with E-state index in [1.165, 1.54) is 6.42 Å². The van der Waals surface area contributed by atoms with Gasteiger partial charge in [-0.1, -0.05) is 13.8 Å². The molecule has 2 heterocycles. The van der Waals surface area contributed by atoms with Crippen LogP contribution in [0.1, 0.15) is 53.9 Å². The molecule has 0 amide bonds. The first-order valence-electron chi connectivity index (χ1n) is 8.82. The van der Waals surface area contributed by atoms with Gasteiger partial charge in [0.1, 0.15) is 11.2 Å². The van der Waals surface area contributed by atoms with Crippen LogP contribution < -0.4 is 0 Å². The van der Waals surface area contributed by atoms with Crippen molar-refractivity contribution in [1.29, 1.82) is 0 Å². The molecule has 0 N–H and O–H groups in total. The second-order valence-corrected chi connectivity index (χ2v) is 8.22. The highest BCUT2D eigenvalue weighted by Crippen LogP contribution is 2.61. The Hall–Kier alpha value is -0.160. The third-order valence-electron chi connectivity index (χ3n) is 5.64. The van der Waals surface area contributed by atoms with E-state index in [1.807, 2.05) is 0 Å². The van der Waals surface area contributed by atoms with Gasteiger partial charge in [-0.05, 0) is 39.5 Å². The van der Waals surface area contributed by atoms with Crippen molar-refractivity contribution in [2.45, 2.75) is 89.5 Å². The summed E-state index contributed by atoms with van der Waals surface area (Å²) in [4.78, 5) is 0. The van der Waals surface area contributed by atoms with Crippen molar-refractivity contribution in [2.75, 3.05) is 13.7 Å². The van der Waals surface area contributed by atoms with E-state index in [4.69, 9.17) is 18.9 Å². The van der Waals surface area contributed by atoms with Gasteiger partial charge in [-0.15, -0.1) is 0 Å². The third kappa shape index (κ3) is 2.83. The summed E-state index contributed by atoms with van der Waals surface area (Å²) in [6, 6.07) is 0. The topological polar surface area (TPSA) is 43.5 Å². The van der Waals surface area contributed by atoms with Crippen LogP contribution in [0.15, 0.2) is 0 Å². The van der Waals surface area contributed by atoms with Crippen molar-refractivity contribution >= 4 is 0 Å². The Kier molecular flexibility index (Phi) is 4.35. The predicted molar refractivity (Wildman–Crippen MR) is 84.9 cm³/mol. The highest BCUT2D eigenvalue weighted by molar-refractivity contribution is 5.22. The summed E-state index contributed by atoms with van der Waals surface area (Å²) >= 11 is 0. The fourth-order valence-electron chi connectivity index (χ4n) is 4.48. The maximum absolute atomic E-state index is 6.18. The molecule has 128 valence electrons. The largest absolute Gasteiger partial charge is 0.378 e. The molecule has 3 rings (SSSR count). The number of rotatable bonds is 7. The Labute approximate surface area is 134 Å². The zero-order valence-corrected chi connectivity index (χ0v) is 14.9. The molecule has 0 aromatic carbocycles. The van der Waals surface area contributed by atoms with Crippen LogP contribution in [0.25, 0.3) is 0 Å². The number of hydrogen-bond donors (Lipinski definition) is 0. The summed E-state index contributed by atoms with van der Waals surface area (Å²) in [5, 5.41) is 0. The van der Waals surface area contributed by atoms with E-state index >= 15 is 0 Å². The molecule has 0 bridgehead atoms. The standard InChI is InChI=1S/C18H32O4/c1-11(2)7-8-14-17(5,22-14)16-15(19-6)13(21-12(3)4)9-18(16)10-20-18/h11-16H,7-10H2,1-6H3/t13-,14?,15-,16-,17?,18+/m1/s1. The Bertz CT molecular complexity index is 404. The lowest BCUT2D eigenvalue weighted by Gasteiger charge is -2.28. The maximum Gasteiger partial charge on any atom is 0.102 e. The molecule has 2 unspecified atom stereocenters. The van der Waals surface area contributed by atoms with Gasteiger partial charge in [-0.3, -0.25) is 0 Å². The van der Waals surface area contributed by atoms with Gasteiger partial charge in [-0.2, -0.15) is 0 Å². The average molecular weight is 312 g/mol. The molecule has 0 aromatic heterocycles. The molecule has 2 aliphatic heterocycles. The van der Waals surface area contributed by atoms with Gasteiger partial charge in [0, 0.05) is 13.5 Å². The lowest BCUT2D eigenvalue weighted by molar-refractivity contribution is -0.0841. The molecule has 4 nitrogen and oxygen atoms in total.